The molecule has 0 aliphatic heterocycles. The highest BCUT2D eigenvalue weighted by molar-refractivity contribution is 5.43. The first-order valence-corrected chi connectivity index (χ1v) is 7.05. The predicted molar refractivity (Wildman–Crippen MR) is 83.7 cm³/mol. The van der Waals surface area contributed by atoms with Crippen molar-refractivity contribution in [2.24, 2.45) is 0 Å². The first-order chi connectivity index (χ1) is 10.2. The highest BCUT2D eigenvalue weighted by atomic mass is 16.5. The molecule has 0 amide bonds. The standard InChI is InChI=1S/C17H21NO3/c1-2-13-5-3-7-16(9-13)20-11-15(19)12-21-17-8-4-6-14(18)10-17/h3-10,15,19H,2,11-12,18H2,1H3. The summed E-state index contributed by atoms with van der Waals surface area (Å²) in [5.41, 5.74) is 7.50. The molecule has 0 aromatic heterocycles. The van der Waals surface area contributed by atoms with Crippen molar-refractivity contribution < 1.29 is 14.6 Å². The molecule has 0 bridgehead atoms. The second kappa shape index (κ2) is 7.55. The Morgan fingerprint density at radius 1 is 1.00 bits per heavy atom. The van der Waals surface area contributed by atoms with Crippen LogP contribution in [0.15, 0.2) is 48.5 Å². The lowest BCUT2D eigenvalue weighted by atomic mass is 10.2. The Balaban J connectivity index is 1.78. The van der Waals surface area contributed by atoms with Crippen LogP contribution in [-0.2, 0) is 6.42 Å². The third-order valence-corrected chi connectivity index (χ3v) is 3.05. The molecule has 21 heavy (non-hydrogen) atoms. The van der Waals surface area contributed by atoms with Crippen LogP contribution in [0.4, 0.5) is 5.69 Å². The van der Waals surface area contributed by atoms with Gasteiger partial charge in [0.05, 0.1) is 0 Å². The summed E-state index contributed by atoms with van der Waals surface area (Å²) in [7, 11) is 0. The molecule has 0 heterocycles. The molecule has 2 rings (SSSR count). The molecule has 1 unspecified atom stereocenters. The summed E-state index contributed by atoms with van der Waals surface area (Å²) in [4.78, 5) is 0. The van der Waals surface area contributed by atoms with Gasteiger partial charge in [-0.2, -0.15) is 0 Å². The number of anilines is 1. The lowest BCUT2D eigenvalue weighted by Crippen LogP contribution is -2.25. The number of hydrogen-bond acceptors (Lipinski definition) is 4. The molecule has 0 aliphatic rings. The van der Waals surface area contributed by atoms with Gasteiger partial charge in [-0.1, -0.05) is 25.1 Å². The summed E-state index contributed by atoms with van der Waals surface area (Å²) in [6, 6.07) is 15.0. The zero-order valence-electron chi connectivity index (χ0n) is 12.2. The van der Waals surface area contributed by atoms with Gasteiger partial charge >= 0.3 is 0 Å². The summed E-state index contributed by atoms with van der Waals surface area (Å²) < 4.78 is 11.0. The number of nitrogen functional groups attached to an aromatic ring is 1. The van der Waals surface area contributed by atoms with Crippen molar-refractivity contribution in [2.75, 3.05) is 18.9 Å². The Morgan fingerprint density at radius 2 is 1.62 bits per heavy atom. The van der Waals surface area contributed by atoms with E-state index in [0.29, 0.717) is 11.4 Å². The molecular formula is C17H21NO3. The number of ether oxygens (including phenoxy) is 2. The summed E-state index contributed by atoms with van der Waals surface area (Å²) in [6.07, 6.45) is 0.259. The molecule has 0 spiro atoms. The minimum absolute atomic E-state index is 0.164. The number of nitrogens with two attached hydrogens (primary N) is 1. The van der Waals surface area contributed by atoms with Gasteiger partial charge in [0.1, 0.15) is 30.8 Å². The molecule has 0 fully saturated rings. The van der Waals surface area contributed by atoms with Crippen LogP contribution < -0.4 is 15.2 Å². The van der Waals surface area contributed by atoms with Gasteiger partial charge in [-0.3, -0.25) is 0 Å². The lowest BCUT2D eigenvalue weighted by Gasteiger charge is -2.14. The van der Waals surface area contributed by atoms with Crippen molar-refractivity contribution in [1.82, 2.24) is 0 Å². The molecule has 0 aliphatic carbocycles. The van der Waals surface area contributed by atoms with Gasteiger partial charge in [0.2, 0.25) is 0 Å². The van der Waals surface area contributed by atoms with Gasteiger partial charge in [-0.05, 0) is 36.2 Å². The average Bonchev–Trinajstić information content (AvgIpc) is 2.51. The van der Waals surface area contributed by atoms with Gasteiger partial charge in [0.25, 0.3) is 0 Å². The van der Waals surface area contributed by atoms with Crippen molar-refractivity contribution in [2.45, 2.75) is 19.4 Å². The van der Waals surface area contributed by atoms with E-state index in [1.807, 2.05) is 30.3 Å². The maximum absolute atomic E-state index is 9.89. The molecule has 0 radical (unpaired) electrons. The quantitative estimate of drug-likeness (QED) is 0.768. The highest BCUT2D eigenvalue weighted by Gasteiger charge is 2.07. The minimum Gasteiger partial charge on any atom is -0.491 e. The Bertz CT molecular complexity index is 571. The number of benzene rings is 2. The van der Waals surface area contributed by atoms with Gasteiger partial charge in [0.15, 0.2) is 0 Å². The minimum atomic E-state index is -0.697. The van der Waals surface area contributed by atoms with Crippen LogP contribution in [0, 0.1) is 0 Å². The number of aliphatic hydroxyl groups is 1. The average molecular weight is 287 g/mol. The number of hydrogen-bond donors (Lipinski definition) is 2. The van der Waals surface area contributed by atoms with Crippen molar-refractivity contribution >= 4 is 5.69 Å². The molecule has 0 saturated heterocycles. The van der Waals surface area contributed by atoms with E-state index in [2.05, 4.69) is 6.92 Å². The van der Waals surface area contributed by atoms with Crippen LogP contribution in [0.25, 0.3) is 0 Å². The van der Waals surface area contributed by atoms with Gasteiger partial charge in [-0.25, -0.2) is 0 Å². The van der Waals surface area contributed by atoms with Gasteiger partial charge in [0, 0.05) is 11.8 Å². The zero-order chi connectivity index (χ0) is 15.1. The predicted octanol–water partition coefficient (Wildman–Crippen LogP) is 2.65. The van der Waals surface area contributed by atoms with Gasteiger partial charge in [-0.15, -0.1) is 0 Å². The lowest BCUT2D eigenvalue weighted by molar-refractivity contribution is 0.0626. The van der Waals surface area contributed by atoms with Crippen LogP contribution in [0.1, 0.15) is 12.5 Å². The fourth-order valence-electron chi connectivity index (χ4n) is 1.89. The van der Waals surface area contributed by atoms with Crippen molar-refractivity contribution in [3.05, 3.63) is 54.1 Å². The third kappa shape index (κ3) is 5.00. The Hall–Kier alpha value is -2.20. The smallest absolute Gasteiger partial charge is 0.122 e. The Kier molecular flexibility index (Phi) is 5.46. The molecule has 0 saturated carbocycles. The van der Waals surface area contributed by atoms with Gasteiger partial charge < -0.3 is 20.3 Å². The van der Waals surface area contributed by atoms with E-state index in [9.17, 15) is 5.11 Å². The molecule has 4 heteroatoms. The van der Waals surface area contributed by atoms with E-state index in [1.165, 1.54) is 5.56 Å². The van der Waals surface area contributed by atoms with E-state index >= 15 is 0 Å². The zero-order valence-corrected chi connectivity index (χ0v) is 12.2. The van der Waals surface area contributed by atoms with Crippen molar-refractivity contribution in [3.63, 3.8) is 0 Å². The largest absolute Gasteiger partial charge is 0.491 e. The first kappa shape index (κ1) is 15.2. The molecular weight excluding hydrogens is 266 g/mol. The molecule has 3 N–H and O–H groups in total. The van der Waals surface area contributed by atoms with Crippen LogP contribution in [0.2, 0.25) is 0 Å². The van der Waals surface area contributed by atoms with E-state index < -0.39 is 6.10 Å². The molecule has 4 nitrogen and oxygen atoms in total. The van der Waals surface area contributed by atoms with Crippen LogP contribution in [-0.4, -0.2) is 24.4 Å². The number of aliphatic hydroxyl groups excluding tert-OH is 1. The molecule has 112 valence electrons. The summed E-state index contributed by atoms with van der Waals surface area (Å²) in [5.74, 6) is 1.40. The Morgan fingerprint density at radius 3 is 2.24 bits per heavy atom. The molecule has 2 aromatic rings. The van der Waals surface area contributed by atoms with Crippen LogP contribution in [0.5, 0.6) is 11.5 Å². The van der Waals surface area contributed by atoms with Crippen molar-refractivity contribution in [1.29, 1.82) is 0 Å². The van der Waals surface area contributed by atoms with Crippen LogP contribution >= 0.6 is 0 Å². The maximum atomic E-state index is 9.89. The first-order valence-electron chi connectivity index (χ1n) is 7.05. The maximum Gasteiger partial charge on any atom is 0.122 e. The Labute approximate surface area is 125 Å². The van der Waals surface area contributed by atoms with E-state index in [-0.39, 0.29) is 13.2 Å². The molecule has 2 aromatic carbocycles. The van der Waals surface area contributed by atoms with E-state index in [1.54, 1.807) is 18.2 Å². The second-order valence-electron chi connectivity index (χ2n) is 4.85. The highest BCUT2D eigenvalue weighted by Crippen LogP contribution is 2.16. The fourth-order valence-corrected chi connectivity index (χ4v) is 1.89. The summed E-state index contributed by atoms with van der Waals surface area (Å²) in [5, 5.41) is 9.89. The second-order valence-corrected chi connectivity index (χ2v) is 4.85. The monoisotopic (exact) mass is 287 g/mol. The topological polar surface area (TPSA) is 64.7 Å². The SMILES string of the molecule is CCc1cccc(OCC(O)COc2cccc(N)c2)c1. The van der Waals surface area contributed by atoms with Crippen molar-refractivity contribution in [3.8, 4) is 11.5 Å². The van der Waals surface area contributed by atoms with Crippen LogP contribution in [0.3, 0.4) is 0 Å². The summed E-state index contributed by atoms with van der Waals surface area (Å²) in [6.45, 7) is 2.44. The number of aryl methyl sites for hydroxylation is 1. The summed E-state index contributed by atoms with van der Waals surface area (Å²) >= 11 is 0. The number of rotatable bonds is 7. The van der Waals surface area contributed by atoms with E-state index in [4.69, 9.17) is 15.2 Å². The molecule has 1 atom stereocenters. The van der Waals surface area contributed by atoms with E-state index in [0.717, 1.165) is 12.2 Å². The normalized spacial score (nSPS) is 11.9. The third-order valence-electron chi connectivity index (χ3n) is 3.05. The fraction of sp³-hybridized carbons (Fsp3) is 0.294.